The van der Waals surface area contributed by atoms with Crippen LogP contribution in [0.5, 0.6) is 0 Å². The number of halogens is 3. The summed E-state index contributed by atoms with van der Waals surface area (Å²) in [7, 11) is 0. The number of nitrogens with one attached hydrogen (secondary N) is 2. The minimum absolute atomic E-state index is 0.203. The molecule has 0 spiro atoms. The third kappa shape index (κ3) is 2.36. The quantitative estimate of drug-likeness (QED) is 0.387. The molecule has 0 saturated heterocycles. The Morgan fingerprint density at radius 2 is 1.91 bits per heavy atom. The number of hydrogen-bond donors (Lipinski definition) is 3. The van der Waals surface area contributed by atoms with Gasteiger partial charge in [-0.25, -0.2) is 18.2 Å². The summed E-state index contributed by atoms with van der Waals surface area (Å²) in [5, 5.41) is 18.3. The molecule has 3 rings (SSSR count). The fraction of sp³-hybridized carbons (Fsp3) is 0. The van der Waals surface area contributed by atoms with E-state index in [1.54, 1.807) is 12.1 Å². The lowest BCUT2D eigenvalue weighted by Gasteiger charge is -2.09. The number of fused-ring (bicyclic) bond motifs is 1. The van der Waals surface area contributed by atoms with Crippen LogP contribution >= 0.6 is 0 Å². The maximum absolute atomic E-state index is 13.9. The van der Waals surface area contributed by atoms with Crippen LogP contribution in [0.2, 0.25) is 0 Å². The lowest BCUT2D eigenvalue weighted by molar-refractivity contribution is 0.489. The average molecular weight is 317 g/mol. The second-order valence-electron chi connectivity index (χ2n) is 4.73. The van der Waals surface area contributed by atoms with Crippen LogP contribution in [0.3, 0.4) is 0 Å². The Labute approximate surface area is 128 Å². The predicted molar refractivity (Wildman–Crippen MR) is 80.6 cm³/mol. The van der Waals surface area contributed by atoms with Gasteiger partial charge in [0.25, 0.3) is 0 Å². The molecule has 0 unspecified atom stereocenters. The number of aliphatic hydroxyl groups is 1. The lowest BCUT2D eigenvalue weighted by atomic mass is 10.0. The molecular weight excluding hydrogens is 307 g/mol. The Kier molecular flexibility index (Phi) is 3.61. The zero-order valence-electron chi connectivity index (χ0n) is 11.6. The van der Waals surface area contributed by atoms with Gasteiger partial charge in [0.15, 0.2) is 11.6 Å². The van der Waals surface area contributed by atoms with Crippen molar-refractivity contribution in [2.75, 3.05) is 0 Å². The van der Waals surface area contributed by atoms with Gasteiger partial charge in [-0.05, 0) is 24.3 Å². The van der Waals surface area contributed by atoms with Crippen molar-refractivity contribution < 1.29 is 18.3 Å². The normalized spacial score (nSPS) is 12.3. The first-order valence-electron chi connectivity index (χ1n) is 6.54. The van der Waals surface area contributed by atoms with Gasteiger partial charge >= 0.3 is 0 Å². The molecule has 2 aromatic heterocycles. The summed E-state index contributed by atoms with van der Waals surface area (Å²) in [6.07, 6.45) is 3.50. The molecule has 4 nitrogen and oxygen atoms in total. The zero-order valence-corrected chi connectivity index (χ0v) is 11.6. The molecule has 1 aromatic carbocycles. The van der Waals surface area contributed by atoms with Gasteiger partial charge in [-0.1, -0.05) is 0 Å². The van der Waals surface area contributed by atoms with Gasteiger partial charge in [-0.3, -0.25) is 0 Å². The van der Waals surface area contributed by atoms with E-state index in [0.29, 0.717) is 23.3 Å². The summed E-state index contributed by atoms with van der Waals surface area (Å²) >= 11 is 0. The standard InChI is InChI=1S/C16H10F3N3O/c17-11-3-4-12(18)14(19)13(11)9(6-20)15(23)10-7-22-16-8(10)2-1-5-21-16/h1-7,20,23H,(H,21,22)/b15-9+,20-6?. The van der Waals surface area contributed by atoms with Crippen molar-refractivity contribution in [3.8, 4) is 0 Å². The Hall–Kier alpha value is -3.09. The van der Waals surface area contributed by atoms with Crippen molar-refractivity contribution in [1.82, 2.24) is 9.97 Å². The van der Waals surface area contributed by atoms with Crippen molar-refractivity contribution in [3.05, 3.63) is 65.2 Å². The molecule has 7 heteroatoms. The number of H-pyrrole nitrogens is 1. The molecule has 0 saturated carbocycles. The molecule has 0 fully saturated rings. The van der Waals surface area contributed by atoms with Gasteiger partial charge in [0.05, 0.1) is 5.56 Å². The van der Waals surface area contributed by atoms with E-state index in [1.807, 2.05) is 0 Å². The van der Waals surface area contributed by atoms with Gasteiger partial charge < -0.3 is 15.5 Å². The predicted octanol–water partition coefficient (Wildman–Crippen LogP) is 4.06. The fourth-order valence-corrected chi connectivity index (χ4v) is 2.33. The Morgan fingerprint density at radius 3 is 2.65 bits per heavy atom. The summed E-state index contributed by atoms with van der Waals surface area (Å²) in [4.78, 5) is 6.84. The number of benzene rings is 1. The van der Waals surface area contributed by atoms with E-state index in [4.69, 9.17) is 5.41 Å². The van der Waals surface area contributed by atoms with Crippen LogP contribution in [0.25, 0.3) is 22.4 Å². The largest absolute Gasteiger partial charge is 0.507 e. The number of hydrogen-bond acceptors (Lipinski definition) is 3. The molecule has 0 aliphatic rings. The van der Waals surface area contributed by atoms with Crippen molar-refractivity contribution in [2.45, 2.75) is 0 Å². The first-order valence-corrected chi connectivity index (χ1v) is 6.54. The first-order chi connectivity index (χ1) is 11.0. The lowest BCUT2D eigenvalue weighted by Crippen LogP contribution is -2.02. The maximum atomic E-state index is 13.9. The number of rotatable bonds is 3. The van der Waals surface area contributed by atoms with E-state index in [0.717, 1.165) is 6.07 Å². The number of allylic oxidation sites excluding steroid dienone is 1. The third-order valence-corrected chi connectivity index (χ3v) is 3.42. The minimum Gasteiger partial charge on any atom is -0.507 e. The molecule has 2 heterocycles. The van der Waals surface area contributed by atoms with Crippen LogP contribution in [-0.4, -0.2) is 21.3 Å². The van der Waals surface area contributed by atoms with E-state index in [2.05, 4.69) is 9.97 Å². The van der Waals surface area contributed by atoms with Gasteiger partial charge in [0.2, 0.25) is 0 Å². The van der Waals surface area contributed by atoms with E-state index in [-0.39, 0.29) is 5.56 Å². The molecular formula is C16H10F3N3O. The third-order valence-electron chi connectivity index (χ3n) is 3.42. The smallest absolute Gasteiger partial charge is 0.169 e. The SMILES string of the molecule is N=C/C(=C(\O)c1c[nH]c2ncccc12)c1c(F)ccc(F)c1F. The molecule has 0 atom stereocenters. The van der Waals surface area contributed by atoms with Crippen LogP contribution < -0.4 is 0 Å². The van der Waals surface area contributed by atoms with Crippen LogP contribution in [0.4, 0.5) is 13.2 Å². The second-order valence-corrected chi connectivity index (χ2v) is 4.73. The highest BCUT2D eigenvalue weighted by Gasteiger charge is 2.21. The van der Waals surface area contributed by atoms with Crippen LogP contribution in [0.15, 0.2) is 36.7 Å². The van der Waals surface area contributed by atoms with E-state index in [9.17, 15) is 18.3 Å². The highest BCUT2D eigenvalue weighted by Crippen LogP contribution is 2.31. The number of aromatic nitrogens is 2. The van der Waals surface area contributed by atoms with Crippen molar-refractivity contribution >= 4 is 28.6 Å². The van der Waals surface area contributed by atoms with Crippen LogP contribution in [0.1, 0.15) is 11.1 Å². The summed E-state index contributed by atoms with van der Waals surface area (Å²) in [6.45, 7) is 0. The summed E-state index contributed by atoms with van der Waals surface area (Å²) in [5.41, 5.74) is -0.603. The molecule has 3 aromatic rings. The average Bonchev–Trinajstić information content (AvgIpc) is 2.98. The molecule has 0 amide bonds. The zero-order chi connectivity index (χ0) is 16.6. The molecule has 23 heavy (non-hydrogen) atoms. The number of aliphatic hydroxyl groups excluding tert-OH is 1. The van der Waals surface area contributed by atoms with Crippen molar-refractivity contribution in [1.29, 1.82) is 5.41 Å². The Bertz CT molecular complexity index is 947. The topological polar surface area (TPSA) is 72.8 Å². The number of nitrogens with zero attached hydrogens (tertiary/aromatic N) is 1. The molecule has 0 radical (unpaired) electrons. The van der Waals surface area contributed by atoms with Gasteiger partial charge in [0, 0.05) is 35.1 Å². The van der Waals surface area contributed by atoms with Crippen molar-refractivity contribution in [3.63, 3.8) is 0 Å². The van der Waals surface area contributed by atoms with E-state index < -0.39 is 34.3 Å². The first kappa shape index (κ1) is 14.8. The van der Waals surface area contributed by atoms with Gasteiger partial charge in [-0.15, -0.1) is 0 Å². The monoisotopic (exact) mass is 317 g/mol. The summed E-state index contributed by atoms with van der Waals surface area (Å²) < 4.78 is 41.2. The highest BCUT2D eigenvalue weighted by atomic mass is 19.2. The maximum Gasteiger partial charge on any atom is 0.169 e. The number of pyridine rings is 1. The second kappa shape index (κ2) is 5.60. The van der Waals surface area contributed by atoms with E-state index in [1.165, 1.54) is 12.4 Å². The molecule has 0 aliphatic carbocycles. The number of aromatic amines is 1. The molecule has 0 bridgehead atoms. The fourth-order valence-electron chi connectivity index (χ4n) is 2.33. The highest BCUT2D eigenvalue weighted by molar-refractivity contribution is 6.18. The van der Waals surface area contributed by atoms with Crippen LogP contribution in [-0.2, 0) is 0 Å². The summed E-state index contributed by atoms with van der Waals surface area (Å²) in [5.74, 6) is -4.36. The van der Waals surface area contributed by atoms with E-state index >= 15 is 0 Å². The Balaban J connectivity index is 2.30. The molecule has 3 N–H and O–H groups in total. The molecule has 116 valence electrons. The Morgan fingerprint density at radius 1 is 1.17 bits per heavy atom. The summed E-state index contributed by atoms with van der Waals surface area (Å²) in [6, 6.07) is 4.65. The van der Waals surface area contributed by atoms with Gasteiger partial charge in [0.1, 0.15) is 17.2 Å². The van der Waals surface area contributed by atoms with Crippen LogP contribution in [0, 0.1) is 22.9 Å². The molecule has 0 aliphatic heterocycles. The van der Waals surface area contributed by atoms with Gasteiger partial charge in [-0.2, -0.15) is 0 Å². The minimum atomic E-state index is -1.46. The van der Waals surface area contributed by atoms with Crippen molar-refractivity contribution in [2.24, 2.45) is 0 Å².